The van der Waals surface area contributed by atoms with Crippen LogP contribution in [0.5, 0.6) is 0 Å². The molecule has 0 saturated carbocycles. The maximum absolute atomic E-state index is 12.3. The summed E-state index contributed by atoms with van der Waals surface area (Å²) in [5.41, 5.74) is 1.16. The molecule has 2 aromatic rings. The number of nitrogens with zero attached hydrogens (tertiary/aromatic N) is 3. The highest BCUT2D eigenvalue weighted by atomic mass is 16.3. The lowest BCUT2D eigenvalue weighted by Gasteiger charge is -2.33. The Hall–Kier alpha value is -2.04. The molecule has 0 unspecified atom stereocenters. The second-order valence-corrected chi connectivity index (χ2v) is 5.71. The molecular formula is C16H21N3O2. The Morgan fingerprint density at radius 2 is 2.43 bits per heavy atom. The van der Waals surface area contributed by atoms with Crippen LogP contribution in [0.25, 0.3) is 0 Å². The summed E-state index contributed by atoms with van der Waals surface area (Å²) in [4.78, 5) is 14.3. The third-order valence-electron chi connectivity index (χ3n) is 4.02. The highest BCUT2D eigenvalue weighted by Gasteiger charge is 2.25. The average molecular weight is 287 g/mol. The lowest BCUT2D eigenvalue weighted by molar-refractivity contribution is -0.132. The van der Waals surface area contributed by atoms with Crippen molar-refractivity contribution in [1.29, 1.82) is 0 Å². The SMILES string of the molecule is Cc1cnn([C@@H]2CCCN(C(=O)CCc3ccco3)C2)c1. The van der Waals surface area contributed by atoms with Crippen LogP contribution in [0.3, 0.4) is 0 Å². The van der Waals surface area contributed by atoms with Crippen LogP contribution in [0, 0.1) is 6.92 Å². The predicted octanol–water partition coefficient (Wildman–Crippen LogP) is 2.58. The van der Waals surface area contributed by atoms with Gasteiger partial charge in [0.25, 0.3) is 0 Å². The van der Waals surface area contributed by atoms with Crippen molar-refractivity contribution < 1.29 is 9.21 Å². The number of hydrogen-bond donors (Lipinski definition) is 0. The van der Waals surface area contributed by atoms with Gasteiger partial charge in [-0.1, -0.05) is 0 Å². The quantitative estimate of drug-likeness (QED) is 0.868. The van der Waals surface area contributed by atoms with E-state index in [0.29, 0.717) is 18.9 Å². The molecule has 0 N–H and O–H groups in total. The Morgan fingerprint density at radius 1 is 1.52 bits per heavy atom. The maximum Gasteiger partial charge on any atom is 0.223 e. The fourth-order valence-electron chi connectivity index (χ4n) is 2.87. The van der Waals surface area contributed by atoms with E-state index in [4.69, 9.17) is 4.42 Å². The second kappa shape index (κ2) is 6.16. The smallest absolute Gasteiger partial charge is 0.223 e. The molecule has 0 aliphatic carbocycles. The van der Waals surface area contributed by atoms with Crippen molar-refractivity contribution in [3.05, 3.63) is 42.1 Å². The number of hydrogen-bond acceptors (Lipinski definition) is 3. The van der Waals surface area contributed by atoms with Crippen molar-refractivity contribution in [1.82, 2.24) is 14.7 Å². The number of amides is 1. The number of aromatic nitrogens is 2. The van der Waals surface area contributed by atoms with Crippen LogP contribution in [-0.4, -0.2) is 33.7 Å². The molecule has 0 spiro atoms. The topological polar surface area (TPSA) is 51.3 Å². The molecule has 0 bridgehead atoms. The number of aryl methyl sites for hydroxylation is 2. The van der Waals surface area contributed by atoms with E-state index in [1.54, 1.807) is 6.26 Å². The van der Waals surface area contributed by atoms with Crippen LogP contribution in [0.2, 0.25) is 0 Å². The zero-order valence-electron chi connectivity index (χ0n) is 12.4. The third-order valence-corrected chi connectivity index (χ3v) is 4.02. The molecular weight excluding hydrogens is 266 g/mol. The van der Waals surface area contributed by atoms with Crippen molar-refractivity contribution in [3.63, 3.8) is 0 Å². The summed E-state index contributed by atoms with van der Waals surface area (Å²) >= 11 is 0. The van der Waals surface area contributed by atoms with E-state index in [0.717, 1.165) is 37.3 Å². The molecule has 1 atom stereocenters. The molecule has 3 heterocycles. The van der Waals surface area contributed by atoms with Gasteiger partial charge in [0.2, 0.25) is 5.91 Å². The van der Waals surface area contributed by atoms with Gasteiger partial charge < -0.3 is 9.32 Å². The molecule has 0 aromatic carbocycles. The van der Waals surface area contributed by atoms with Gasteiger partial charge in [-0.2, -0.15) is 5.10 Å². The minimum absolute atomic E-state index is 0.208. The van der Waals surface area contributed by atoms with Gasteiger partial charge >= 0.3 is 0 Å². The van der Waals surface area contributed by atoms with Crippen LogP contribution < -0.4 is 0 Å². The Morgan fingerprint density at radius 3 is 3.14 bits per heavy atom. The van der Waals surface area contributed by atoms with Crippen molar-refractivity contribution in [2.75, 3.05) is 13.1 Å². The Balaban J connectivity index is 1.56. The summed E-state index contributed by atoms with van der Waals surface area (Å²) in [6.07, 6.45) is 8.89. The summed E-state index contributed by atoms with van der Waals surface area (Å²) in [6.45, 7) is 3.66. The molecule has 112 valence electrons. The van der Waals surface area contributed by atoms with Gasteiger partial charge in [0, 0.05) is 32.1 Å². The first-order valence-electron chi connectivity index (χ1n) is 7.53. The molecule has 1 saturated heterocycles. The minimum Gasteiger partial charge on any atom is -0.469 e. The van der Waals surface area contributed by atoms with Gasteiger partial charge in [0.05, 0.1) is 18.5 Å². The highest BCUT2D eigenvalue weighted by molar-refractivity contribution is 5.76. The van der Waals surface area contributed by atoms with Gasteiger partial charge in [-0.15, -0.1) is 0 Å². The molecule has 3 rings (SSSR count). The lowest BCUT2D eigenvalue weighted by atomic mass is 10.1. The van der Waals surface area contributed by atoms with Crippen LogP contribution >= 0.6 is 0 Å². The fraction of sp³-hybridized carbons (Fsp3) is 0.500. The Bertz CT molecular complexity index is 588. The molecule has 2 aromatic heterocycles. The van der Waals surface area contributed by atoms with Crippen LogP contribution in [0.4, 0.5) is 0 Å². The summed E-state index contributed by atoms with van der Waals surface area (Å²) in [5, 5.41) is 4.38. The predicted molar refractivity (Wildman–Crippen MR) is 78.8 cm³/mol. The Kier molecular flexibility index (Phi) is 4.08. The van der Waals surface area contributed by atoms with Crippen molar-refractivity contribution >= 4 is 5.91 Å². The second-order valence-electron chi connectivity index (χ2n) is 5.71. The third kappa shape index (κ3) is 3.35. The van der Waals surface area contributed by atoms with E-state index in [9.17, 15) is 4.79 Å². The summed E-state index contributed by atoms with van der Waals surface area (Å²) < 4.78 is 7.28. The summed E-state index contributed by atoms with van der Waals surface area (Å²) in [6, 6.07) is 4.08. The molecule has 1 aliphatic heterocycles. The number of carbonyl (C=O) groups excluding carboxylic acids is 1. The van der Waals surface area contributed by atoms with E-state index in [1.165, 1.54) is 0 Å². The monoisotopic (exact) mass is 287 g/mol. The molecule has 5 heteroatoms. The normalized spacial score (nSPS) is 18.9. The molecule has 0 radical (unpaired) electrons. The van der Waals surface area contributed by atoms with Crippen LogP contribution in [0.15, 0.2) is 35.2 Å². The van der Waals surface area contributed by atoms with Gasteiger partial charge in [0.15, 0.2) is 0 Å². The number of carbonyl (C=O) groups is 1. The number of likely N-dealkylation sites (tertiary alicyclic amines) is 1. The van der Waals surface area contributed by atoms with E-state index < -0.39 is 0 Å². The molecule has 5 nitrogen and oxygen atoms in total. The van der Waals surface area contributed by atoms with E-state index in [-0.39, 0.29) is 5.91 Å². The van der Waals surface area contributed by atoms with Crippen LogP contribution in [-0.2, 0) is 11.2 Å². The molecule has 1 aliphatic rings. The zero-order valence-corrected chi connectivity index (χ0v) is 12.4. The zero-order chi connectivity index (χ0) is 14.7. The molecule has 21 heavy (non-hydrogen) atoms. The first-order valence-corrected chi connectivity index (χ1v) is 7.53. The summed E-state index contributed by atoms with van der Waals surface area (Å²) in [7, 11) is 0. The Labute approximate surface area is 124 Å². The average Bonchev–Trinajstić information content (AvgIpc) is 3.16. The number of piperidine rings is 1. The van der Waals surface area contributed by atoms with Crippen molar-refractivity contribution in [2.24, 2.45) is 0 Å². The summed E-state index contributed by atoms with van der Waals surface area (Å²) in [5.74, 6) is 1.08. The number of furan rings is 1. The molecule has 1 amide bonds. The van der Waals surface area contributed by atoms with Gasteiger partial charge in [-0.05, 0) is 37.5 Å². The van der Waals surface area contributed by atoms with Crippen LogP contribution in [0.1, 0.15) is 36.6 Å². The van der Waals surface area contributed by atoms with E-state index in [2.05, 4.69) is 11.3 Å². The van der Waals surface area contributed by atoms with Gasteiger partial charge in [-0.3, -0.25) is 9.48 Å². The van der Waals surface area contributed by atoms with Gasteiger partial charge in [0.1, 0.15) is 5.76 Å². The largest absolute Gasteiger partial charge is 0.469 e. The lowest BCUT2D eigenvalue weighted by Crippen LogP contribution is -2.40. The first-order chi connectivity index (χ1) is 10.2. The number of rotatable bonds is 4. The van der Waals surface area contributed by atoms with Gasteiger partial charge in [-0.25, -0.2) is 0 Å². The minimum atomic E-state index is 0.208. The van der Waals surface area contributed by atoms with E-state index in [1.807, 2.05) is 34.8 Å². The van der Waals surface area contributed by atoms with E-state index >= 15 is 0 Å². The fourth-order valence-corrected chi connectivity index (χ4v) is 2.87. The van der Waals surface area contributed by atoms with Crippen molar-refractivity contribution in [3.8, 4) is 0 Å². The standard InChI is InChI=1S/C16H21N3O2/c1-13-10-17-19(11-13)14-4-2-8-18(12-14)16(20)7-6-15-5-3-9-21-15/h3,5,9-11,14H,2,4,6-8,12H2,1H3/t14-/m1/s1. The molecule has 1 fully saturated rings. The maximum atomic E-state index is 12.3. The highest BCUT2D eigenvalue weighted by Crippen LogP contribution is 2.22. The first kappa shape index (κ1) is 13.9. The van der Waals surface area contributed by atoms with Crippen molar-refractivity contribution in [2.45, 2.75) is 38.6 Å².